The van der Waals surface area contributed by atoms with E-state index in [2.05, 4.69) is 15.3 Å². The monoisotopic (exact) mass is 351 g/mol. The predicted molar refractivity (Wildman–Crippen MR) is 97.8 cm³/mol. The second-order valence-corrected chi connectivity index (χ2v) is 5.42. The SMILES string of the molecule is COc1cc(OC)cc(C(=O)Nc2cc(-c3ccncc3)c[nH]c2=O)c1. The van der Waals surface area contributed by atoms with Gasteiger partial charge in [-0.2, -0.15) is 0 Å². The van der Waals surface area contributed by atoms with Gasteiger partial charge < -0.3 is 19.8 Å². The Bertz CT molecular complexity index is 961. The Kier molecular flexibility index (Phi) is 4.98. The minimum absolute atomic E-state index is 0.145. The van der Waals surface area contributed by atoms with Gasteiger partial charge in [0.05, 0.1) is 14.2 Å². The highest BCUT2D eigenvalue weighted by Gasteiger charge is 2.13. The lowest BCUT2D eigenvalue weighted by Crippen LogP contribution is -2.19. The summed E-state index contributed by atoms with van der Waals surface area (Å²) < 4.78 is 10.3. The van der Waals surface area contributed by atoms with Gasteiger partial charge in [-0.05, 0) is 35.9 Å². The number of ether oxygens (including phenoxy) is 2. The lowest BCUT2D eigenvalue weighted by Gasteiger charge is -2.10. The molecule has 7 nitrogen and oxygen atoms in total. The van der Waals surface area contributed by atoms with Crippen molar-refractivity contribution < 1.29 is 14.3 Å². The maximum atomic E-state index is 12.6. The molecule has 2 heterocycles. The Labute approximate surface area is 149 Å². The van der Waals surface area contributed by atoms with Crippen molar-refractivity contribution in [2.75, 3.05) is 19.5 Å². The van der Waals surface area contributed by atoms with Crippen molar-refractivity contribution in [3.05, 3.63) is 70.9 Å². The molecule has 0 aliphatic rings. The molecular formula is C19H17N3O4. The van der Waals surface area contributed by atoms with Crippen LogP contribution in [0.3, 0.4) is 0 Å². The number of rotatable bonds is 5. The molecule has 0 saturated heterocycles. The second kappa shape index (κ2) is 7.52. The fraction of sp³-hybridized carbons (Fsp3) is 0.105. The van der Waals surface area contributed by atoms with Gasteiger partial charge in [0.2, 0.25) is 0 Å². The third-order valence-corrected chi connectivity index (χ3v) is 3.78. The van der Waals surface area contributed by atoms with Gasteiger partial charge in [-0.25, -0.2) is 0 Å². The second-order valence-electron chi connectivity index (χ2n) is 5.42. The van der Waals surface area contributed by atoms with E-state index in [-0.39, 0.29) is 5.69 Å². The first kappa shape index (κ1) is 17.2. The van der Waals surface area contributed by atoms with Gasteiger partial charge in [-0.1, -0.05) is 0 Å². The molecule has 0 aliphatic heterocycles. The van der Waals surface area contributed by atoms with E-state index in [1.807, 2.05) is 12.1 Å². The number of pyridine rings is 2. The summed E-state index contributed by atoms with van der Waals surface area (Å²) in [7, 11) is 3.00. The molecule has 0 spiro atoms. The van der Waals surface area contributed by atoms with E-state index in [0.717, 1.165) is 11.1 Å². The van der Waals surface area contributed by atoms with Crippen molar-refractivity contribution in [3.8, 4) is 22.6 Å². The van der Waals surface area contributed by atoms with Crippen molar-refractivity contribution in [3.63, 3.8) is 0 Å². The zero-order chi connectivity index (χ0) is 18.5. The zero-order valence-corrected chi connectivity index (χ0v) is 14.3. The van der Waals surface area contributed by atoms with Crippen LogP contribution in [0.5, 0.6) is 11.5 Å². The Morgan fingerprint density at radius 1 is 1.00 bits per heavy atom. The van der Waals surface area contributed by atoms with Crippen LogP contribution in [0.25, 0.3) is 11.1 Å². The molecule has 0 aliphatic carbocycles. The minimum atomic E-state index is -0.445. The van der Waals surface area contributed by atoms with Crippen molar-refractivity contribution in [2.45, 2.75) is 0 Å². The molecule has 132 valence electrons. The molecule has 3 rings (SSSR count). The van der Waals surface area contributed by atoms with Crippen molar-refractivity contribution >= 4 is 11.6 Å². The molecule has 3 aromatic rings. The summed E-state index contributed by atoms with van der Waals surface area (Å²) in [5, 5.41) is 2.63. The molecule has 7 heteroatoms. The maximum absolute atomic E-state index is 12.6. The summed E-state index contributed by atoms with van der Waals surface area (Å²) in [5.74, 6) is 0.516. The third-order valence-electron chi connectivity index (χ3n) is 3.78. The van der Waals surface area contributed by atoms with E-state index in [1.165, 1.54) is 14.2 Å². The molecule has 0 unspecified atom stereocenters. The first-order chi connectivity index (χ1) is 12.6. The van der Waals surface area contributed by atoms with Gasteiger partial charge in [0.15, 0.2) is 0 Å². The van der Waals surface area contributed by atoms with Crippen LogP contribution < -0.4 is 20.3 Å². The molecule has 2 N–H and O–H groups in total. The number of aromatic nitrogens is 2. The van der Waals surface area contributed by atoms with E-state index < -0.39 is 11.5 Å². The molecule has 0 atom stereocenters. The molecule has 1 amide bonds. The van der Waals surface area contributed by atoms with Crippen LogP contribution in [-0.4, -0.2) is 30.1 Å². The number of hydrogen-bond donors (Lipinski definition) is 2. The van der Waals surface area contributed by atoms with E-state index in [1.54, 1.807) is 42.9 Å². The maximum Gasteiger partial charge on any atom is 0.271 e. The van der Waals surface area contributed by atoms with Crippen LogP contribution in [0.4, 0.5) is 5.69 Å². The van der Waals surface area contributed by atoms with Gasteiger partial charge in [0, 0.05) is 35.8 Å². The first-order valence-corrected chi connectivity index (χ1v) is 7.78. The van der Waals surface area contributed by atoms with E-state index >= 15 is 0 Å². The lowest BCUT2D eigenvalue weighted by molar-refractivity contribution is 0.102. The molecule has 0 bridgehead atoms. The zero-order valence-electron chi connectivity index (χ0n) is 14.3. The Balaban J connectivity index is 1.91. The number of hydrogen-bond acceptors (Lipinski definition) is 5. The lowest BCUT2D eigenvalue weighted by atomic mass is 10.1. The predicted octanol–water partition coefficient (Wildman–Crippen LogP) is 2.71. The molecule has 1 aromatic carbocycles. The summed E-state index contributed by atoms with van der Waals surface area (Å²) in [4.78, 5) is 31.2. The van der Waals surface area contributed by atoms with Crippen molar-refractivity contribution in [2.24, 2.45) is 0 Å². The number of amides is 1. The number of benzene rings is 1. The number of anilines is 1. The average Bonchev–Trinajstić information content (AvgIpc) is 2.69. The van der Waals surface area contributed by atoms with Crippen LogP contribution in [-0.2, 0) is 0 Å². The summed E-state index contributed by atoms with van der Waals surface area (Å²) in [6.07, 6.45) is 4.89. The number of nitrogens with zero attached hydrogens (tertiary/aromatic N) is 1. The Morgan fingerprint density at radius 2 is 1.65 bits per heavy atom. The highest BCUT2D eigenvalue weighted by Crippen LogP contribution is 2.23. The minimum Gasteiger partial charge on any atom is -0.497 e. The van der Waals surface area contributed by atoms with E-state index in [0.29, 0.717) is 17.1 Å². The van der Waals surface area contributed by atoms with Crippen LogP contribution in [0.15, 0.2) is 59.8 Å². The topological polar surface area (TPSA) is 93.3 Å². The van der Waals surface area contributed by atoms with Crippen LogP contribution >= 0.6 is 0 Å². The number of aromatic amines is 1. The van der Waals surface area contributed by atoms with Crippen LogP contribution in [0.2, 0.25) is 0 Å². The van der Waals surface area contributed by atoms with Gasteiger partial charge >= 0.3 is 0 Å². The summed E-state index contributed by atoms with van der Waals surface area (Å²) in [6, 6.07) is 10.0. The van der Waals surface area contributed by atoms with E-state index in [4.69, 9.17) is 9.47 Å². The summed E-state index contributed by atoms with van der Waals surface area (Å²) in [6.45, 7) is 0. The summed E-state index contributed by atoms with van der Waals surface area (Å²) in [5.41, 5.74) is 1.69. The fourth-order valence-corrected chi connectivity index (χ4v) is 2.42. The quantitative estimate of drug-likeness (QED) is 0.737. The van der Waals surface area contributed by atoms with Gasteiger partial charge in [0.25, 0.3) is 11.5 Å². The molecule has 0 saturated carbocycles. The number of nitrogens with one attached hydrogen (secondary N) is 2. The smallest absolute Gasteiger partial charge is 0.271 e. The normalized spacial score (nSPS) is 10.2. The van der Waals surface area contributed by atoms with Crippen LogP contribution in [0.1, 0.15) is 10.4 Å². The molecule has 26 heavy (non-hydrogen) atoms. The molecule has 0 radical (unpaired) electrons. The van der Waals surface area contributed by atoms with Crippen LogP contribution in [0, 0.1) is 0 Å². The number of methoxy groups -OCH3 is 2. The first-order valence-electron chi connectivity index (χ1n) is 7.78. The Hall–Kier alpha value is -3.61. The number of carbonyl (C=O) groups excluding carboxylic acids is 1. The highest BCUT2D eigenvalue weighted by atomic mass is 16.5. The highest BCUT2D eigenvalue weighted by molar-refractivity contribution is 6.05. The molecule has 2 aromatic heterocycles. The van der Waals surface area contributed by atoms with Gasteiger partial charge in [-0.3, -0.25) is 14.6 Å². The third kappa shape index (κ3) is 3.72. The summed E-state index contributed by atoms with van der Waals surface area (Å²) >= 11 is 0. The Morgan fingerprint density at radius 3 is 2.27 bits per heavy atom. The average molecular weight is 351 g/mol. The standard InChI is InChI=1S/C19H17N3O4/c1-25-15-7-13(8-16(10-15)26-2)18(23)22-17-9-14(11-21-19(17)24)12-3-5-20-6-4-12/h3-11H,1-2H3,(H,21,24)(H,22,23). The van der Waals surface area contributed by atoms with E-state index in [9.17, 15) is 9.59 Å². The van der Waals surface area contributed by atoms with Gasteiger partial charge in [-0.15, -0.1) is 0 Å². The van der Waals surface area contributed by atoms with Gasteiger partial charge in [0.1, 0.15) is 17.2 Å². The number of H-pyrrole nitrogens is 1. The molecular weight excluding hydrogens is 334 g/mol. The largest absolute Gasteiger partial charge is 0.497 e. The van der Waals surface area contributed by atoms with Crippen molar-refractivity contribution in [1.29, 1.82) is 0 Å². The van der Waals surface area contributed by atoms with Crippen molar-refractivity contribution in [1.82, 2.24) is 9.97 Å². The number of carbonyl (C=O) groups is 1. The fourth-order valence-electron chi connectivity index (χ4n) is 2.42. The molecule has 0 fully saturated rings.